The molecule has 1 heterocycles. The number of rotatable bonds is 2. The van der Waals surface area contributed by atoms with Gasteiger partial charge in [0.2, 0.25) is 0 Å². The van der Waals surface area contributed by atoms with Gasteiger partial charge in [-0.25, -0.2) is 4.39 Å². The molecule has 6 heteroatoms. The van der Waals surface area contributed by atoms with Gasteiger partial charge in [0.25, 0.3) is 5.91 Å². The average molecular weight is 344 g/mol. The first-order chi connectivity index (χ1) is 9.52. The van der Waals surface area contributed by atoms with Crippen molar-refractivity contribution in [3.8, 4) is 0 Å². The van der Waals surface area contributed by atoms with E-state index in [-0.39, 0.29) is 17.8 Å². The second kappa shape index (κ2) is 6.35. The van der Waals surface area contributed by atoms with Crippen LogP contribution in [0.1, 0.15) is 23.2 Å². The van der Waals surface area contributed by atoms with E-state index in [1.165, 1.54) is 25.3 Å². The Morgan fingerprint density at radius 3 is 2.85 bits per heavy atom. The lowest BCUT2D eigenvalue weighted by Crippen LogP contribution is -2.42. The third-order valence-corrected chi connectivity index (χ3v) is 4.06. The number of halogens is 2. The third kappa shape index (κ3) is 3.17. The van der Waals surface area contributed by atoms with Crippen molar-refractivity contribution in [2.45, 2.75) is 12.8 Å². The van der Waals surface area contributed by atoms with E-state index in [1.807, 2.05) is 0 Å². The molecule has 0 bridgehead atoms. The van der Waals surface area contributed by atoms with E-state index in [4.69, 9.17) is 4.74 Å². The Morgan fingerprint density at radius 2 is 2.20 bits per heavy atom. The minimum Gasteiger partial charge on any atom is -0.469 e. The van der Waals surface area contributed by atoms with E-state index in [9.17, 15) is 14.0 Å². The quantitative estimate of drug-likeness (QED) is 0.775. The molecule has 108 valence electrons. The number of ether oxygens (including phenoxy) is 1. The number of carbonyl (C=O) groups excluding carboxylic acids is 2. The molecule has 1 aliphatic heterocycles. The monoisotopic (exact) mass is 343 g/mol. The number of nitrogens with zero attached hydrogens (tertiary/aromatic N) is 1. The SMILES string of the molecule is COC(=O)[C@H]1CCCN(C(=O)c2ccc(F)cc2Br)C1. The number of carbonyl (C=O) groups is 2. The first-order valence-corrected chi connectivity index (χ1v) is 7.14. The molecule has 0 N–H and O–H groups in total. The first kappa shape index (κ1) is 15.0. The lowest BCUT2D eigenvalue weighted by atomic mass is 9.97. The summed E-state index contributed by atoms with van der Waals surface area (Å²) in [6.07, 6.45) is 1.48. The van der Waals surface area contributed by atoms with E-state index in [0.29, 0.717) is 23.1 Å². The van der Waals surface area contributed by atoms with E-state index < -0.39 is 5.82 Å². The Kier molecular flexibility index (Phi) is 4.75. The summed E-state index contributed by atoms with van der Waals surface area (Å²) in [7, 11) is 1.35. The minimum atomic E-state index is -0.403. The Labute approximate surface area is 125 Å². The highest BCUT2D eigenvalue weighted by molar-refractivity contribution is 9.10. The second-order valence-electron chi connectivity index (χ2n) is 4.74. The maximum Gasteiger partial charge on any atom is 0.310 e. The predicted molar refractivity (Wildman–Crippen MR) is 74.7 cm³/mol. The molecular weight excluding hydrogens is 329 g/mol. The fourth-order valence-corrected chi connectivity index (χ4v) is 2.87. The summed E-state index contributed by atoms with van der Waals surface area (Å²) in [5, 5.41) is 0. The largest absolute Gasteiger partial charge is 0.469 e. The van der Waals surface area contributed by atoms with Gasteiger partial charge in [-0.05, 0) is 47.0 Å². The molecule has 1 aliphatic rings. The fourth-order valence-electron chi connectivity index (χ4n) is 2.35. The van der Waals surface area contributed by atoms with Gasteiger partial charge in [0.1, 0.15) is 5.82 Å². The highest BCUT2D eigenvalue weighted by Crippen LogP contribution is 2.23. The Morgan fingerprint density at radius 1 is 1.45 bits per heavy atom. The van der Waals surface area contributed by atoms with Gasteiger partial charge in [0.05, 0.1) is 18.6 Å². The van der Waals surface area contributed by atoms with E-state index >= 15 is 0 Å². The molecule has 1 aromatic carbocycles. The molecule has 1 saturated heterocycles. The van der Waals surface area contributed by atoms with Gasteiger partial charge in [-0.3, -0.25) is 9.59 Å². The van der Waals surface area contributed by atoms with E-state index in [0.717, 1.165) is 12.8 Å². The molecule has 0 aromatic heterocycles. The Hall–Kier alpha value is -1.43. The summed E-state index contributed by atoms with van der Waals surface area (Å²) in [5.41, 5.74) is 0.400. The minimum absolute atomic E-state index is 0.203. The van der Waals surface area contributed by atoms with Gasteiger partial charge >= 0.3 is 5.97 Å². The maximum atomic E-state index is 13.1. The Balaban J connectivity index is 2.14. The van der Waals surface area contributed by atoms with Crippen LogP contribution in [0.3, 0.4) is 0 Å². The summed E-state index contributed by atoms with van der Waals surface area (Å²) in [5.74, 6) is -1.18. The van der Waals surface area contributed by atoms with Crippen LogP contribution in [0.4, 0.5) is 4.39 Å². The van der Waals surface area contributed by atoms with Crippen molar-refractivity contribution in [2.75, 3.05) is 20.2 Å². The van der Waals surface area contributed by atoms with Crippen molar-refractivity contribution in [2.24, 2.45) is 5.92 Å². The molecule has 4 nitrogen and oxygen atoms in total. The summed E-state index contributed by atoms with van der Waals surface area (Å²) < 4.78 is 18.2. The molecule has 20 heavy (non-hydrogen) atoms. The molecule has 1 aromatic rings. The smallest absolute Gasteiger partial charge is 0.310 e. The van der Waals surface area contributed by atoms with Crippen molar-refractivity contribution >= 4 is 27.8 Å². The third-order valence-electron chi connectivity index (χ3n) is 3.40. The molecule has 0 unspecified atom stereocenters. The molecule has 2 rings (SSSR count). The zero-order valence-electron chi connectivity index (χ0n) is 11.1. The van der Waals surface area contributed by atoms with Crippen LogP contribution in [0.5, 0.6) is 0 Å². The van der Waals surface area contributed by atoms with Crippen LogP contribution in [0, 0.1) is 11.7 Å². The lowest BCUT2D eigenvalue weighted by molar-refractivity contribution is -0.146. The van der Waals surface area contributed by atoms with Crippen molar-refractivity contribution in [3.05, 3.63) is 34.1 Å². The van der Waals surface area contributed by atoms with Gasteiger partial charge in [-0.2, -0.15) is 0 Å². The van der Waals surface area contributed by atoms with Crippen molar-refractivity contribution in [3.63, 3.8) is 0 Å². The molecule has 1 amide bonds. The first-order valence-electron chi connectivity index (χ1n) is 6.35. The standard InChI is InChI=1S/C14H15BrFNO3/c1-20-14(19)9-3-2-6-17(8-9)13(18)11-5-4-10(16)7-12(11)15/h4-5,7,9H,2-3,6,8H2,1H3/t9-/m0/s1. The molecular formula is C14H15BrFNO3. The Bertz CT molecular complexity index is 535. The van der Waals surface area contributed by atoms with Gasteiger partial charge in [0.15, 0.2) is 0 Å². The molecule has 0 spiro atoms. The van der Waals surface area contributed by atoms with Crippen LogP contribution in [0.15, 0.2) is 22.7 Å². The lowest BCUT2D eigenvalue weighted by Gasteiger charge is -2.31. The van der Waals surface area contributed by atoms with Crippen LogP contribution in [0.2, 0.25) is 0 Å². The van der Waals surface area contributed by atoms with Crippen LogP contribution in [-0.2, 0) is 9.53 Å². The molecule has 0 saturated carbocycles. The normalized spacial score (nSPS) is 18.8. The number of likely N-dealkylation sites (tertiary alicyclic amines) is 1. The maximum absolute atomic E-state index is 13.1. The van der Waals surface area contributed by atoms with Crippen molar-refractivity contribution in [1.29, 1.82) is 0 Å². The molecule has 1 atom stereocenters. The molecule has 1 fully saturated rings. The summed E-state index contributed by atoms with van der Waals surface area (Å²) >= 11 is 3.19. The molecule has 0 aliphatic carbocycles. The summed E-state index contributed by atoms with van der Waals surface area (Å²) in [6.45, 7) is 0.936. The van der Waals surface area contributed by atoms with Gasteiger partial charge in [-0.15, -0.1) is 0 Å². The number of esters is 1. The summed E-state index contributed by atoms with van der Waals surface area (Å²) in [4.78, 5) is 25.6. The zero-order chi connectivity index (χ0) is 14.7. The average Bonchev–Trinajstić information content (AvgIpc) is 2.46. The van der Waals surface area contributed by atoms with Crippen LogP contribution >= 0.6 is 15.9 Å². The highest BCUT2D eigenvalue weighted by atomic mass is 79.9. The fraction of sp³-hybridized carbons (Fsp3) is 0.429. The van der Waals surface area contributed by atoms with E-state index in [2.05, 4.69) is 15.9 Å². The van der Waals surface area contributed by atoms with Gasteiger partial charge in [-0.1, -0.05) is 0 Å². The number of methoxy groups -OCH3 is 1. The van der Waals surface area contributed by atoms with Crippen LogP contribution < -0.4 is 0 Å². The number of amides is 1. The second-order valence-corrected chi connectivity index (χ2v) is 5.59. The predicted octanol–water partition coefficient (Wildman–Crippen LogP) is 2.61. The summed E-state index contributed by atoms with van der Waals surface area (Å²) in [6, 6.07) is 3.96. The molecule has 0 radical (unpaired) electrons. The van der Waals surface area contributed by atoms with Gasteiger partial charge < -0.3 is 9.64 Å². The number of piperidine rings is 1. The van der Waals surface area contributed by atoms with Crippen molar-refractivity contribution in [1.82, 2.24) is 4.90 Å². The van der Waals surface area contributed by atoms with Crippen LogP contribution in [0.25, 0.3) is 0 Å². The number of benzene rings is 1. The topological polar surface area (TPSA) is 46.6 Å². The number of hydrogen-bond donors (Lipinski definition) is 0. The zero-order valence-corrected chi connectivity index (χ0v) is 12.7. The van der Waals surface area contributed by atoms with E-state index in [1.54, 1.807) is 4.90 Å². The highest BCUT2D eigenvalue weighted by Gasteiger charge is 2.30. The number of hydrogen-bond acceptors (Lipinski definition) is 3. The van der Waals surface area contributed by atoms with Gasteiger partial charge in [0, 0.05) is 17.6 Å². The van der Waals surface area contributed by atoms with Crippen LogP contribution in [-0.4, -0.2) is 37.0 Å². The van der Waals surface area contributed by atoms with Crippen molar-refractivity contribution < 1.29 is 18.7 Å².